The number of ketones is 2. The van der Waals surface area contributed by atoms with E-state index in [1.165, 1.54) is 6.42 Å². The summed E-state index contributed by atoms with van der Waals surface area (Å²) in [7, 11) is 0. The molecule has 2 heteroatoms. The molecule has 0 aromatic heterocycles. The second-order valence-corrected chi connectivity index (χ2v) is 4.71. The first-order valence-corrected chi connectivity index (χ1v) is 5.82. The van der Waals surface area contributed by atoms with Crippen LogP contribution in [0.5, 0.6) is 0 Å². The molecule has 2 fully saturated rings. The third-order valence-electron chi connectivity index (χ3n) is 3.69. The normalized spacial score (nSPS) is 34.6. The van der Waals surface area contributed by atoms with Crippen LogP contribution in [0.3, 0.4) is 0 Å². The van der Waals surface area contributed by atoms with Crippen molar-refractivity contribution in [3.05, 3.63) is 0 Å². The van der Waals surface area contributed by atoms with E-state index in [4.69, 9.17) is 0 Å². The van der Waals surface area contributed by atoms with Gasteiger partial charge in [0.1, 0.15) is 11.6 Å². The SMILES string of the molecule is O=C1CCCC(C2CCCCC2=O)C1. The topological polar surface area (TPSA) is 34.1 Å². The fourth-order valence-corrected chi connectivity index (χ4v) is 2.91. The van der Waals surface area contributed by atoms with Crippen molar-refractivity contribution in [2.24, 2.45) is 11.8 Å². The monoisotopic (exact) mass is 194 g/mol. The van der Waals surface area contributed by atoms with E-state index in [0.29, 0.717) is 23.9 Å². The van der Waals surface area contributed by atoms with E-state index in [-0.39, 0.29) is 5.92 Å². The molecule has 2 rings (SSSR count). The quantitative estimate of drug-likeness (QED) is 0.642. The van der Waals surface area contributed by atoms with E-state index in [1.54, 1.807) is 0 Å². The summed E-state index contributed by atoms with van der Waals surface area (Å²) in [5.41, 5.74) is 0. The van der Waals surface area contributed by atoms with Crippen LogP contribution < -0.4 is 0 Å². The van der Waals surface area contributed by atoms with Gasteiger partial charge in [0, 0.05) is 25.2 Å². The molecule has 0 aromatic carbocycles. The Morgan fingerprint density at radius 2 is 1.79 bits per heavy atom. The van der Waals surface area contributed by atoms with E-state index in [9.17, 15) is 9.59 Å². The molecule has 2 aliphatic rings. The lowest BCUT2D eigenvalue weighted by Crippen LogP contribution is -2.30. The molecule has 0 aromatic rings. The minimum atomic E-state index is 0.230. The van der Waals surface area contributed by atoms with Gasteiger partial charge in [-0.3, -0.25) is 9.59 Å². The van der Waals surface area contributed by atoms with E-state index >= 15 is 0 Å². The van der Waals surface area contributed by atoms with Gasteiger partial charge in [-0.2, -0.15) is 0 Å². The van der Waals surface area contributed by atoms with Crippen LogP contribution in [0.15, 0.2) is 0 Å². The van der Waals surface area contributed by atoms with Gasteiger partial charge in [0.25, 0.3) is 0 Å². The van der Waals surface area contributed by atoms with E-state index in [0.717, 1.165) is 38.5 Å². The standard InChI is InChI=1S/C12H18O2/c13-10-5-3-4-9(8-10)11-6-1-2-7-12(11)14/h9,11H,1-8H2. The van der Waals surface area contributed by atoms with Crippen molar-refractivity contribution in [3.63, 3.8) is 0 Å². The van der Waals surface area contributed by atoms with Crippen molar-refractivity contribution in [2.45, 2.75) is 51.4 Å². The summed E-state index contributed by atoms with van der Waals surface area (Å²) in [6.45, 7) is 0. The van der Waals surface area contributed by atoms with Crippen LogP contribution in [0.25, 0.3) is 0 Å². The summed E-state index contributed by atoms with van der Waals surface area (Å²) in [5, 5.41) is 0. The highest BCUT2D eigenvalue weighted by Crippen LogP contribution is 2.35. The molecule has 0 amide bonds. The Balaban J connectivity index is 1.98. The van der Waals surface area contributed by atoms with Crippen LogP contribution in [0.4, 0.5) is 0 Å². The molecule has 0 N–H and O–H groups in total. The van der Waals surface area contributed by atoms with Crippen molar-refractivity contribution in [1.29, 1.82) is 0 Å². The van der Waals surface area contributed by atoms with Crippen molar-refractivity contribution in [1.82, 2.24) is 0 Å². The number of carbonyl (C=O) groups is 2. The largest absolute Gasteiger partial charge is 0.300 e. The minimum Gasteiger partial charge on any atom is -0.300 e. The second-order valence-electron chi connectivity index (χ2n) is 4.71. The predicted molar refractivity (Wildman–Crippen MR) is 53.9 cm³/mol. The number of carbonyl (C=O) groups excluding carboxylic acids is 2. The van der Waals surface area contributed by atoms with Gasteiger partial charge in [0.2, 0.25) is 0 Å². The molecule has 2 unspecified atom stereocenters. The van der Waals surface area contributed by atoms with Crippen molar-refractivity contribution in [2.75, 3.05) is 0 Å². The van der Waals surface area contributed by atoms with Gasteiger partial charge >= 0.3 is 0 Å². The summed E-state index contributed by atoms with van der Waals surface area (Å²) >= 11 is 0. The smallest absolute Gasteiger partial charge is 0.136 e. The first-order valence-electron chi connectivity index (χ1n) is 5.82. The summed E-state index contributed by atoms with van der Waals surface area (Å²) in [4.78, 5) is 23.0. The number of hydrogen-bond donors (Lipinski definition) is 0. The molecule has 2 saturated carbocycles. The van der Waals surface area contributed by atoms with Crippen molar-refractivity contribution >= 4 is 11.6 Å². The molecular formula is C12H18O2. The Labute approximate surface area is 85.1 Å². The fourth-order valence-electron chi connectivity index (χ4n) is 2.91. The maximum Gasteiger partial charge on any atom is 0.136 e. The fraction of sp³-hybridized carbons (Fsp3) is 0.833. The van der Waals surface area contributed by atoms with Gasteiger partial charge in [-0.05, 0) is 31.6 Å². The van der Waals surface area contributed by atoms with E-state index in [2.05, 4.69) is 0 Å². The lowest BCUT2D eigenvalue weighted by molar-refractivity contribution is -0.129. The van der Waals surface area contributed by atoms with Gasteiger partial charge in [-0.15, -0.1) is 0 Å². The maximum atomic E-state index is 11.7. The van der Waals surface area contributed by atoms with Gasteiger partial charge in [0.05, 0.1) is 0 Å². The van der Waals surface area contributed by atoms with Crippen molar-refractivity contribution < 1.29 is 9.59 Å². The highest BCUT2D eigenvalue weighted by atomic mass is 16.1. The summed E-state index contributed by atoms with van der Waals surface area (Å²) in [6.07, 6.45) is 7.58. The zero-order chi connectivity index (χ0) is 9.97. The Hall–Kier alpha value is -0.660. The van der Waals surface area contributed by atoms with Gasteiger partial charge in [0.15, 0.2) is 0 Å². The highest BCUT2D eigenvalue weighted by Gasteiger charge is 2.32. The maximum absolute atomic E-state index is 11.7. The van der Waals surface area contributed by atoms with Gasteiger partial charge in [-0.25, -0.2) is 0 Å². The molecule has 0 bridgehead atoms. The van der Waals surface area contributed by atoms with Crippen LogP contribution in [-0.2, 0) is 9.59 Å². The lowest BCUT2D eigenvalue weighted by atomic mass is 9.72. The summed E-state index contributed by atoms with van der Waals surface area (Å²) < 4.78 is 0. The molecule has 0 saturated heterocycles. The van der Waals surface area contributed by atoms with Crippen LogP contribution >= 0.6 is 0 Å². The van der Waals surface area contributed by atoms with Crippen LogP contribution in [-0.4, -0.2) is 11.6 Å². The van der Waals surface area contributed by atoms with Gasteiger partial charge < -0.3 is 0 Å². The Morgan fingerprint density at radius 1 is 0.929 bits per heavy atom. The molecule has 0 heterocycles. The average molecular weight is 194 g/mol. The molecule has 2 nitrogen and oxygen atoms in total. The minimum absolute atomic E-state index is 0.230. The molecular weight excluding hydrogens is 176 g/mol. The van der Waals surface area contributed by atoms with Gasteiger partial charge in [-0.1, -0.05) is 6.42 Å². The van der Waals surface area contributed by atoms with Crippen molar-refractivity contribution in [3.8, 4) is 0 Å². The number of hydrogen-bond acceptors (Lipinski definition) is 2. The first-order chi connectivity index (χ1) is 6.77. The Kier molecular flexibility index (Phi) is 2.99. The summed E-state index contributed by atoms with van der Waals surface area (Å²) in [6, 6.07) is 0. The van der Waals surface area contributed by atoms with E-state index < -0.39 is 0 Å². The third kappa shape index (κ3) is 2.05. The molecule has 0 spiro atoms. The third-order valence-corrected chi connectivity index (χ3v) is 3.69. The molecule has 0 aliphatic heterocycles. The molecule has 2 atom stereocenters. The molecule has 0 radical (unpaired) electrons. The number of rotatable bonds is 1. The zero-order valence-electron chi connectivity index (χ0n) is 8.63. The van der Waals surface area contributed by atoms with Crippen LogP contribution in [0.2, 0.25) is 0 Å². The molecule has 78 valence electrons. The molecule has 2 aliphatic carbocycles. The highest BCUT2D eigenvalue weighted by molar-refractivity contribution is 5.84. The predicted octanol–water partition coefficient (Wildman–Crippen LogP) is 2.51. The lowest BCUT2D eigenvalue weighted by Gasteiger charge is -2.31. The second kappa shape index (κ2) is 4.24. The zero-order valence-corrected chi connectivity index (χ0v) is 8.63. The molecule has 14 heavy (non-hydrogen) atoms. The summed E-state index contributed by atoms with van der Waals surface area (Å²) in [5.74, 6) is 1.42. The first kappa shape index (κ1) is 9.88. The average Bonchev–Trinajstić information content (AvgIpc) is 2.18. The van der Waals surface area contributed by atoms with Crippen LogP contribution in [0.1, 0.15) is 51.4 Å². The Morgan fingerprint density at radius 3 is 2.50 bits per heavy atom. The van der Waals surface area contributed by atoms with E-state index in [1.807, 2.05) is 0 Å². The van der Waals surface area contributed by atoms with Crippen LogP contribution in [0, 0.1) is 11.8 Å². The number of Topliss-reactive ketones (excluding diaryl/α,β-unsaturated/α-hetero) is 2. The Bertz CT molecular complexity index is 245.